The van der Waals surface area contributed by atoms with Crippen molar-refractivity contribution in [1.82, 2.24) is 0 Å². The van der Waals surface area contributed by atoms with Gasteiger partial charge in [0.1, 0.15) is 11.7 Å². The maximum absolute atomic E-state index is 12.5. The minimum absolute atomic E-state index is 0.556. The van der Waals surface area contributed by atoms with Crippen molar-refractivity contribution in [2.24, 2.45) is 5.92 Å². The third-order valence-electron chi connectivity index (χ3n) is 6.47. The highest BCUT2D eigenvalue weighted by molar-refractivity contribution is 9.10. The zero-order valence-electron chi connectivity index (χ0n) is 16.1. The molecule has 158 valence electrons. The second-order valence-corrected chi connectivity index (χ2v) is 11.1. The molecule has 3 aromatic rings. The maximum Gasteiger partial charge on any atom is 0.309 e. The van der Waals surface area contributed by atoms with Gasteiger partial charge in [-0.3, -0.25) is 4.79 Å². The second-order valence-electron chi connectivity index (χ2n) is 7.95. The van der Waals surface area contributed by atoms with Gasteiger partial charge in [0.2, 0.25) is 0 Å². The van der Waals surface area contributed by atoms with Gasteiger partial charge in [-0.05, 0) is 35.4 Å². The van der Waals surface area contributed by atoms with Crippen LogP contribution < -0.4 is 0 Å². The molecular formula is C24H18Br2O4S. The Labute approximate surface area is 200 Å². The quantitative estimate of drug-likeness (QED) is 0.406. The highest BCUT2D eigenvalue weighted by atomic mass is 79.9. The van der Waals surface area contributed by atoms with Gasteiger partial charge in [-0.1, -0.05) is 80.4 Å². The fourth-order valence-corrected chi connectivity index (χ4v) is 7.95. The largest absolute Gasteiger partial charge is 0.481 e. The predicted molar refractivity (Wildman–Crippen MR) is 126 cm³/mol. The Morgan fingerprint density at radius 1 is 0.935 bits per heavy atom. The molecular weight excluding hydrogens is 544 g/mol. The van der Waals surface area contributed by atoms with E-state index in [2.05, 4.69) is 31.9 Å². The first-order chi connectivity index (χ1) is 14.8. The number of aliphatic carboxylic acids is 1. The van der Waals surface area contributed by atoms with E-state index >= 15 is 0 Å². The molecule has 1 aliphatic heterocycles. The average Bonchev–Trinajstić information content (AvgIpc) is 3.12. The molecule has 0 bridgehead atoms. The normalized spacial score (nSPS) is 31.3. The zero-order valence-corrected chi connectivity index (χ0v) is 20.1. The smallest absolute Gasteiger partial charge is 0.309 e. The molecule has 4 nitrogen and oxygen atoms in total. The third kappa shape index (κ3) is 2.84. The molecule has 1 heterocycles. The van der Waals surface area contributed by atoms with E-state index in [0.29, 0.717) is 5.56 Å². The fourth-order valence-electron chi connectivity index (χ4n) is 5.26. The Morgan fingerprint density at radius 3 is 2.23 bits per heavy atom. The fraction of sp³-hybridized carbons (Fsp3) is 0.208. The molecule has 1 aliphatic carbocycles. The molecule has 0 spiro atoms. The van der Waals surface area contributed by atoms with Gasteiger partial charge in [0.05, 0.1) is 10.7 Å². The summed E-state index contributed by atoms with van der Waals surface area (Å²) in [6.07, 6.45) is -1.49. The highest BCUT2D eigenvalue weighted by Gasteiger charge is 2.75. The van der Waals surface area contributed by atoms with E-state index in [1.165, 1.54) is 11.8 Å². The maximum atomic E-state index is 12.5. The Bertz CT molecular complexity index is 1170. The van der Waals surface area contributed by atoms with E-state index < -0.39 is 34.3 Å². The average molecular weight is 562 g/mol. The first kappa shape index (κ1) is 21.2. The van der Waals surface area contributed by atoms with Crippen LogP contribution in [0, 0.1) is 5.92 Å². The Balaban J connectivity index is 1.87. The first-order valence-electron chi connectivity index (χ1n) is 9.74. The summed E-state index contributed by atoms with van der Waals surface area (Å²) in [5, 5.41) is 33.9. The molecule has 5 rings (SSSR count). The zero-order chi connectivity index (χ0) is 22.0. The molecule has 0 aromatic heterocycles. The van der Waals surface area contributed by atoms with Crippen LogP contribution in [0.1, 0.15) is 22.6 Å². The van der Waals surface area contributed by atoms with Gasteiger partial charge in [0.15, 0.2) is 0 Å². The number of aliphatic hydroxyl groups is 2. The van der Waals surface area contributed by atoms with Crippen molar-refractivity contribution in [3.05, 3.63) is 98.4 Å². The summed E-state index contributed by atoms with van der Waals surface area (Å²) in [6.45, 7) is 0. The van der Waals surface area contributed by atoms with Gasteiger partial charge < -0.3 is 15.3 Å². The standard InChI is InChI=1S/C24H18Br2O4S/c25-15-8-6-14(7-9-15)24-20(13-4-2-1-3-5-13)19(22(28)29)21(27)23(24,30)17-11-10-16(26)12-18(17)31-24/h1-12,19-21,27,30H,(H,28,29)/t19-,20-,21-,23+,24+/m1/s1. The number of halogens is 2. The number of benzene rings is 3. The van der Waals surface area contributed by atoms with Crippen LogP contribution in [0.4, 0.5) is 0 Å². The molecule has 31 heavy (non-hydrogen) atoms. The number of rotatable bonds is 3. The topological polar surface area (TPSA) is 77.8 Å². The van der Waals surface area contributed by atoms with E-state index in [9.17, 15) is 20.1 Å². The molecule has 7 heteroatoms. The lowest BCUT2D eigenvalue weighted by molar-refractivity contribution is -0.150. The number of thioether (sulfide) groups is 1. The van der Waals surface area contributed by atoms with Crippen molar-refractivity contribution in [2.45, 2.75) is 27.3 Å². The summed E-state index contributed by atoms with van der Waals surface area (Å²) in [7, 11) is 0. The van der Waals surface area contributed by atoms with Crippen LogP contribution in [0.15, 0.2) is 86.6 Å². The van der Waals surface area contributed by atoms with Gasteiger partial charge in [-0.25, -0.2) is 0 Å². The third-order valence-corrected chi connectivity index (χ3v) is 9.18. The number of hydrogen-bond acceptors (Lipinski definition) is 4. The van der Waals surface area contributed by atoms with Crippen LogP contribution in [0.5, 0.6) is 0 Å². The SMILES string of the molecule is O=C(O)[C@H]1[C@@H](O)[C@@]2(O)c3ccc(Br)cc3S[C@@]2(c2ccc(Br)cc2)[C@@H]1c1ccccc1. The lowest BCUT2D eigenvalue weighted by atomic mass is 9.73. The van der Waals surface area contributed by atoms with E-state index in [1.807, 2.05) is 66.7 Å². The lowest BCUT2D eigenvalue weighted by Crippen LogP contribution is -2.48. The van der Waals surface area contributed by atoms with Crippen LogP contribution in [-0.4, -0.2) is 27.4 Å². The van der Waals surface area contributed by atoms with Gasteiger partial charge in [0, 0.05) is 25.3 Å². The van der Waals surface area contributed by atoms with Crippen molar-refractivity contribution >= 4 is 49.6 Å². The van der Waals surface area contributed by atoms with Crippen LogP contribution in [-0.2, 0) is 15.1 Å². The number of carbonyl (C=O) groups is 1. The Morgan fingerprint density at radius 2 is 1.58 bits per heavy atom. The van der Waals surface area contributed by atoms with Crippen LogP contribution in [0.25, 0.3) is 0 Å². The minimum Gasteiger partial charge on any atom is -0.481 e. The van der Waals surface area contributed by atoms with Crippen molar-refractivity contribution in [3.63, 3.8) is 0 Å². The molecule has 1 fully saturated rings. The summed E-state index contributed by atoms with van der Waals surface area (Å²) in [6, 6.07) is 22.4. The first-order valence-corrected chi connectivity index (χ1v) is 12.1. The monoisotopic (exact) mass is 560 g/mol. The van der Waals surface area contributed by atoms with Crippen molar-refractivity contribution < 1.29 is 20.1 Å². The summed E-state index contributed by atoms with van der Waals surface area (Å²) in [4.78, 5) is 13.3. The molecule has 3 aromatic carbocycles. The summed E-state index contributed by atoms with van der Waals surface area (Å²) in [5.41, 5.74) is 0.311. The van der Waals surface area contributed by atoms with Crippen molar-refractivity contribution in [3.8, 4) is 0 Å². The van der Waals surface area contributed by atoms with Gasteiger partial charge in [0.25, 0.3) is 0 Å². The second kappa shape index (κ2) is 7.46. The molecule has 0 amide bonds. The number of fused-ring (bicyclic) bond motifs is 3. The molecule has 5 atom stereocenters. The molecule has 2 aliphatic rings. The van der Waals surface area contributed by atoms with Crippen LogP contribution in [0.2, 0.25) is 0 Å². The highest BCUT2D eigenvalue weighted by Crippen LogP contribution is 2.74. The van der Waals surface area contributed by atoms with Crippen molar-refractivity contribution in [1.29, 1.82) is 0 Å². The number of carboxylic acid groups (broad SMARTS) is 1. The van der Waals surface area contributed by atoms with Gasteiger partial charge in [-0.15, -0.1) is 11.8 Å². The molecule has 1 saturated carbocycles. The predicted octanol–water partition coefficient (Wildman–Crippen LogP) is 5.26. The van der Waals surface area contributed by atoms with Gasteiger partial charge in [-0.2, -0.15) is 0 Å². The summed E-state index contributed by atoms with van der Waals surface area (Å²) < 4.78 is 0.610. The lowest BCUT2D eigenvalue weighted by Gasteiger charge is -2.41. The van der Waals surface area contributed by atoms with Crippen LogP contribution in [0.3, 0.4) is 0 Å². The molecule has 0 saturated heterocycles. The van der Waals surface area contributed by atoms with E-state index in [0.717, 1.165) is 25.0 Å². The number of carboxylic acids is 1. The summed E-state index contributed by atoms with van der Waals surface area (Å²) >= 11 is 8.40. The molecule has 3 N–H and O–H groups in total. The molecule has 0 radical (unpaired) electrons. The number of hydrogen-bond donors (Lipinski definition) is 3. The van der Waals surface area contributed by atoms with E-state index in [4.69, 9.17) is 0 Å². The minimum atomic E-state index is -1.79. The number of aliphatic hydroxyl groups excluding tert-OH is 1. The Hall–Kier alpha value is -1.64. The Kier molecular flexibility index (Phi) is 5.10. The van der Waals surface area contributed by atoms with Crippen molar-refractivity contribution in [2.75, 3.05) is 0 Å². The summed E-state index contributed by atoms with van der Waals surface area (Å²) in [5.74, 6) is -2.97. The molecule has 0 unspecified atom stereocenters. The van der Waals surface area contributed by atoms with Crippen LogP contribution >= 0.6 is 43.6 Å². The van der Waals surface area contributed by atoms with E-state index in [1.54, 1.807) is 6.07 Å². The van der Waals surface area contributed by atoms with Gasteiger partial charge >= 0.3 is 5.97 Å². The van der Waals surface area contributed by atoms with E-state index in [-0.39, 0.29) is 0 Å².